The summed E-state index contributed by atoms with van der Waals surface area (Å²) in [6.45, 7) is 0.133. The molecule has 31 heavy (non-hydrogen) atoms. The largest absolute Gasteiger partial charge is 0.417 e. The number of halogens is 4. The topological polar surface area (TPSA) is 90.4 Å². The predicted octanol–water partition coefficient (Wildman–Crippen LogP) is 2.46. The summed E-state index contributed by atoms with van der Waals surface area (Å²) >= 11 is 0. The molecule has 0 spiro atoms. The molecule has 3 rings (SSSR count). The predicted molar refractivity (Wildman–Crippen MR) is 103 cm³/mol. The van der Waals surface area contributed by atoms with E-state index in [-0.39, 0.29) is 37.6 Å². The number of hydrogen-bond donors (Lipinski definition) is 1. The first-order chi connectivity index (χ1) is 14.6. The SMILES string of the molecule is N#Cc1ccc(N2CCN(C(=O)Cc3ccc(F)cc3)CC2C(N)=O)cc1C(F)(F)F. The number of alkyl halides is 3. The zero-order valence-corrected chi connectivity index (χ0v) is 16.2. The van der Waals surface area contributed by atoms with Crippen molar-refractivity contribution in [1.82, 2.24) is 4.90 Å². The van der Waals surface area contributed by atoms with Crippen molar-refractivity contribution in [2.45, 2.75) is 18.6 Å². The van der Waals surface area contributed by atoms with Crippen molar-refractivity contribution in [3.63, 3.8) is 0 Å². The Balaban J connectivity index is 1.81. The smallest absolute Gasteiger partial charge is 0.368 e. The van der Waals surface area contributed by atoms with Crippen molar-refractivity contribution in [2.24, 2.45) is 5.73 Å². The lowest BCUT2D eigenvalue weighted by atomic mass is 10.0. The van der Waals surface area contributed by atoms with Gasteiger partial charge in [0.25, 0.3) is 0 Å². The van der Waals surface area contributed by atoms with Crippen LogP contribution in [0.4, 0.5) is 23.2 Å². The molecule has 162 valence electrons. The summed E-state index contributed by atoms with van der Waals surface area (Å²) in [5.74, 6) is -1.54. The maximum Gasteiger partial charge on any atom is 0.417 e. The van der Waals surface area contributed by atoms with Crippen LogP contribution < -0.4 is 10.6 Å². The third kappa shape index (κ3) is 4.94. The highest BCUT2D eigenvalue weighted by Gasteiger charge is 2.37. The molecule has 0 saturated carbocycles. The van der Waals surface area contributed by atoms with Gasteiger partial charge >= 0.3 is 6.18 Å². The van der Waals surface area contributed by atoms with Gasteiger partial charge in [-0.25, -0.2) is 4.39 Å². The fourth-order valence-electron chi connectivity index (χ4n) is 3.49. The van der Waals surface area contributed by atoms with E-state index in [4.69, 9.17) is 11.0 Å². The van der Waals surface area contributed by atoms with Gasteiger partial charge in [-0.3, -0.25) is 9.59 Å². The Bertz CT molecular complexity index is 1030. The Morgan fingerprint density at radius 1 is 1.13 bits per heavy atom. The number of nitrogens with zero attached hydrogens (tertiary/aromatic N) is 3. The monoisotopic (exact) mass is 434 g/mol. The van der Waals surface area contributed by atoms with Crippen molar-refractivity contribution < 1.29 is 27.2 Å². The van der Waals surface area contributed by atoms with E-state index in [2.05, 4.69) is 0 Å². The Hall–Kier alpha value is -3.61. The van der Waals surface area contributed by atoms with Gasteiger partial charge in [0.05, 0.1) is 30.2 Å². The van der Waals surface area contributed by atoms with Crippen LogP contribution in [0.3, 0.4) is 0 Å². The molecule has 1 unspecified atom stereocenters. The highest BCUT2D eigenvalue weighted by Crippen LogP contribution is 2.35. The molecule has 1 fully saturated rings. The summed E-state index contributed by atoms with van der Waals surface area (Å²) in [6, 6.07) is 9.06. The van der Waals surface area contributed by atoms with Crippen LogP contribution in [0.5, 0.6) is 0 Å². The standard InChI is InChI=1S/C21H18F4N4O2/c22-15-4-1-13(2-5-15)9-19(30)28-7-8-29(18(12-28)20(27)31)16-6-3-14(11-26)17(10-16)21(23,24)25/h1-6,10,18H,7-9,12H2,(H2,27,31). The van der Waals surface area contributed by atoms with Crippen LogP contribution in [0.15, 0.2) is 42.5 Å². The molecule has 0 bridgehead atoms. The van der Waals surface area contributed by atoms with Gasteiger partial charge in [-0.05, 0) is 35.9 Å². The average Bonchev–Trinajstić information content (AvgIpc) is 2.73. The minimum absolute atomic E-state index is 0.0130. The maximum atomic E-state index is 13.3. The normalized spacial score (nSPS) is 16.7. The molecule has 0 radical (unpaired) electrons. The summed E-state index contributed by atoms with van der Waals surface area (Å²) in [7, 11) is 0. The lowest BCUT2D eigenvalue weighted by molar-refractivity contribution is -0.137. The van der Waals surface area contributed by atoms with Crippen molar-refractivity contribution >= 4 is 17.5 Å². The van der Waals surface area contributed by atoms with Gasteiger partial charge in [0.15, 0.2) is 0 Å². The quantitative estimate of drug-likeness (QED) is 0.749. The first-order valence-electron chi connectivity index (χ1n) is 9.29. The molecule has 1 aliphatic rings. The number of nitriles is 1. The minimum atomic E-state index is -4.74. The Kier molecular flexibility index (Phi) is 6.15. The number of anilines is 1. The van der Waals surface area contributed by atoms with Crippen LogP contribution in [0.1, 0.15) is 16.7 Å². The molecule has 2 aromatic rings. The Morgan fingerprint density at radius 3 is 2.39 bits per heavy atom. The maximum absolute atomic E-state index is 13.3. The second-order valence-corrected chi connectivity index (χ2v) is 7.09. The highest BCUT2D eigenvalue weighted by molar-refractivity contribution is 5.86. The van der Waals surface area contributed by atoms with Gasteiger partial charge in [-0.2, -0.15) is 18.4 Å². The second-order valence-electron chi connectivity index (χ2n) is 7.09. The fraction of sp³-hybridized carbons (Fsp3) is 0.286. The number of amides is 2. The first-order valence-corrected chi connectivity index (χ1v) is 9.29. The lowest BCUT2D eigenvalue weighted by Crippen LogP contribution is -2.59. The summed E-state index contributed by atoms with van der Waals surface area (Å²) < 4.78 is 52.9. The number of carbonyl (C=O) groups is 2. The number of piperazine rings is 1. The van der Waals surface area contributed by atoms with Crippen molar-refractivity contribution in [2.75, 3.05) is 24.5 Å². The summed E-state index contributed by atoms with van der Waals surface area (Å²) in [5.41, 5.74) is 4.51. The third-order valence-electron chi connectivity index (χ3n) is 5.09. The summed E-state index contributed by atoms with van der Waals surface area (Å²) in [6.07, 6.45) is -4.75. The van der Waals surface area contributed by atoms with Crippen LogP contribution in [-0.4, -0.2) is 42.4 Å². The highest BCUT2D eigenvalue weighted by atomic mass is 19.4. The van der Waals surface area contributed by atoms with E-state index in [0.717, 1.165) is 12.1 Å². The lowest BCUT2D eigenvalue weighted by Gasteiger charge is -2.41. The van der Waals surface area contributed by atoms with Crippen LogP contribution >= 0.6 is 0 Å². The van der Waals surface area contributed by atoms with Crippen molar-refractivity contribution in [3.05, 3.63) is 65.0 Å². The molecule has 6 nitrogen and oxygen atoms in total. The zero-order chi connectivity index (χ0) is 22.8. The van der Waals surface area contributed by atoms with Gasteiger partial charge in [-0.1, -0.05) is 12.1 Å². The number of rotatable bonds is 4. The molecule has 1 atom stereocenters. The third-order valence-corrected chi connectivity index (χ3v) is 5.09. The van der Waals surface area contributed by atoms with Gasteiger partial charge in [0.1, 0.15) is 11.9 Å². The fourth-order valence-corrected chi connectivity index (χ4v) is 3.49. The van der Waals surface area contributed by atoms with Gasteiger partial charge in [-0.15, -0.1) is 0 Å². The molecular formula is C21H18F4N4O2. The number of hydrogen-bond acceptors (Lipinski definition) is 4. The summed E-state index contributed by atoms with van der Waals surface area (Å²) in [5, 5.41) is 8.95. The molecule has 1 heterocycles. The number of benzene rings is 2. The van der Waals surface area contributed by atoms with E-state index in [9.17, 15) is 27.2 Å². The molecule has 2 aromatic carbocycles. The number of nitrogens with two attached hydrogens (primary N) is 1. The molecule has 2 amide bonds. The van der Waals surface area contributed by atoms with Crippen molar-refractivity contribution in [1.29, 1.82) is 5.26 Å². The Morgan fingerprint density at radius 2 is 1.81 bits per heavy atom. The first kappa shape index (κ1) is 22.1. The molecule has 1 aliphatic heterocycles. The van der Waals surface area contributed by atoms with E-state index in [1.54, 1.807) is 0 Å². The zero-order valence-electron chi connectivity index (χ0n) is 16.2. The summed E-state index contributed by atoms with van der Waals surface area (Å²) in [4.78, 5) is 27.5. The second kappa shape index (κ2) is 8.63. The van der Waals surface area contributed by atoms with E-state index in [1.165, 1.54) is 46.2 Å². The molecule has 0 aliphatic carbocycles. The van der Waals surface area contributed by atoms with Crippen LogP contribution in [-0.2, 0) is 22.2 Å². The molecular weight excluding hydrogens is 416 g/mol. The van der Waals surface area contributed by atoms with E-state index in [1.807, 2.05) is 0 Å². The van der Waals surface area contributed by atoms with Crippen molar-refractivity contribution in [3.8, 4) is 6.07 Å². The van der Waals surface area contributed by atoms with Crippen LogP contribution in [0, 0.1) is 17.1 Å². The van der Waals surface area contributed by atoms with Gasteiger partial charge < -0.3 is 15.5 Å². The molecule has 1 saturated heterocycles. The van der Waals surface area contributed by atoms with E-state index in [0.29, 0.717) is 5.56 Å². The van der Waals surface area contributed by atoms with Crippen LogP contribution in [0.25, 0.3) is 0 Å². The Labute approximate surface area is 175 Å². The number of carbonyl (C=O) groups excluding carboxylic acids is 2. The van der Waals surface area contributed by atoms with E-state index >= 15 is 0 Å². The van der Waals surface area contributed by atoms with Crippen LogP contribution in [0.2, 0.25) is 0 Å². The average molecular weight is 434 g/mol. The molecule has 0 aromatic heterocycles. The van der Waals surface area contributed by atoms with Gasteiger partial charge in [0, 0.05) is 18.8 Å². The molecule has 2 N–H and O–H groups in total. The number of primary amides is 1. The minimum Gasteiger partial charge on any atom is -0.368 e. The molecule has 10 heteroatoms. The van der Waals surface area contributed by atoms with E-state index < -0.39 is 35.1 Å². The van der Waals surface area contributed by atoms with Gasteiger partial charge in [0.2, 0.25) is 11.8 Å².